The summed E-state index contributed by atoms with van der Waals surface area (Å²) in [4.78, 5) is 9.03. The van der Waals surface area contributed by atoms with Crippen molar-refractivity contribution in [1.82, 2.24) is 0 Å². The first-order chi connectivity index (χ1) is 15.2. The molecule has 0 unspecified atom stereocenters. The molecule has 0 radical (unpaired) electrons. The fourth-order valence-corrected chi connectivity index (χ4v) is 3.45. The molecular weight excluding hydrogens is 423 g/mol. The monoisotopic (exact) mass is 442 g/mol. The number of benzene rings is 4. The Labute approximate surface area is 192 Å². The summed E-state index contributed by atoms with van der Waals surface area (Å²) in [7, 11) is 0. The van der Waals surface area contributed by atoms with Crippen molar-refractivity contribution in [2.45, 2.75) is 6.42 Å². The third kappa shape index (κ3) is 5.91. The Bertz CT molecular complexity index is 1110. The molecule has 0 fully saturated rings. The number of nitrogens with zero attached hydrogens (tertiary/aromatic N) is 2. The minimum Gasteiger partial charge on any atom is -0.256 e. The second-order valence-electron chi connectivity index (χ2n) is 7.07. The Morgan fingerprint density at radius 2 is 0.903 bits per heavy atom. The van der Waals surface area contributed by atoms with Gasteiger partial charge in [0, 0.05) is 33.6 Å². The molecule has 0 N–H and O–H groups in total. The summed E-state index contributed by atoms with van der Waals surface area (Å²) in [5.74, 6) is 0. The van der Waals surface area contributed by atoms with Crippen molar-refractivity contribution in [2.75, 3.05) is 0 Å². The van der Waals surface area contributed by atoms with Crippen LogP contribution in [0.1, 0.15) is 22.3 Å². The first-order valence-electron chi connectivity index (χ1n) is 9.92. The van der Waals surface area contributed by atoms with E-state index < -0.39 is 0 Å². The van der Waals surface area contributed by atoms with Crippen molar-refractivity contribution >= 4 is 47.0 Å². The molecule has 4 heteroatoms. The number of halogens is 2. The van der Waals surface area contributed by atoms with Crippen LogP contribution in [0, 0.1) is 0 Å². The van der Waals surface area contributed by atoms with Gasteiger partial charge in [0.15, 0.2) is 0 Å². The maximum Gasteiger partial charge on any atom is 0.0630 e. The van der Waals surface area contributed by atoms with Crippen molar-refractivity contribution in [3.05, 3.63) is 129 Å². The topological polar surface area (TPSA) is 24.7 Å². The van der Waals surface area contributed by atoms with Gasteiger partial charge in [-0.3, -0.25) is 9.98 Å². The summed E-state index contributed by atoms with van der Waals surface area (Å²) in [6.07, 6.45) is 4.43. The summed E-state index contributed by atoms with van der Waals surface area (Å²) < 4.78 is 0. The van der Waals surface area contributed by atoms with Crippen LogP contribution in [-0.2, 0) is 6.42 Å². The van der Waals surface area contributed by atoms with Crippen LogP contribution >= 0.6 is 23.2 Å². The minimum absolute atomic E-state index is 0.697. The lowest BCUT2D eigenvalue weighted by atomic mass is 10.0. The van der Waals surface area contributed by atoms with E-state index in [0.717, 1.165) is 28.9 Å². The zero-order valence-corrected chi connectivity index (χ0v) is 18.3. The molecule has 0 aliphatic heterocycles. The van der Waals surface area contributed by atoms with Gasteiger partial charge in [-0.25, -0.2) is 0 Å². The Kier molecular flexibility index (Phi) is 6.93. The quantitative estimate of drug-likeness (QED) is 0.269. The number of rotatable bonds is 6. The summed E-state index contributed by atoms with van der Waals surface area (Å²) in [5.41, 5.74) is 6.06. The molecule has 0 amide bonds. The smallest absolute Gasteiger partial charge is 0.0630 e. The molecule has 4 aromatic carbocycles. The number of hydrogen-bond donors (Lipinski definition) is 0. The van der Waals surface area contributed by atoms with Crippen LogP contribution in [-0.4, -0.2) is 12.4 Å². The molecular formula is C27H20Cl2N2. The summed E-state index contributed by atoms with van der Waals surface area (Å²) in [5, 5.41) is 1.39. The molecule has 0 bridgehead atoms. The van der Waals surface area contributed by atoms with Crippen LogP contribution in [0.5, 0.6) is 0 Å². The Morgan fingerprint density at radius 1 is 0.516 bits per heavy atom. The van der Waals surface area contributed by atoms with Crippen LogP contribution < -0.4 is 0 Å². The zero-order valence-electron chi connectivity index (χ0n) is 16.7. The van der Waals surface area contributed by atoms with E-state index in [2.05, 4.69) is 34.3 Å². The normalized spacial score (nSPS) is 11.4. The van der Waals surface area contributed by atoms with Crippen LogP contribution in [0.3, 0.4) is 0 Å². The van der Waals surface area contributed by atoms with Gasteiger partial charge in [0.25, 0.3) is 0 Å². The van der Waals surface area contributed by atoms with Crippen molar-refractivity contribution in [2.24, 2.45) is 9.98 Å². The average molecular weight is 443 g/mol. The van der Waals surface area contributed by atoms with Crippen molar-refractivity contribution in [3.8, 4) is 0 Å². The fraction of sp³-hybridized carbons (Fsp3) is 0.0370. The van der Waals surface area contributed by atoms with Crippen LogP contribution in [0.25, 0.3) is 0 Å². The highest BCUT2D eigenvalue weighted by atomic mass is 35.5. The highest BCUT2D eigenvalue weighted by Gasteiger charge is 1.99. The third-order valence-electron chi connectivity index (χ3n) is 4.80. The van der Waals surface area contributed by atoms with Gasteiger partial charge < -0.3 is 0 Å². The highest BCUT2D eigenvalue weighted by molar-refractivity contribution is 6.33. The van der Waals surface area contributed by atoms with Gasteiger partial charge in [0.1, 0.15) is 0 Å². The van der Waals surface area contributed by atoms with Crippen molar-refractivity contribution in [1.29, 1.82) is 0 Å². The van der Waals surface area contributed by atoms with Crippen molar-refractivity contribution in [3.63, 3.8) is 0 Å². The molecule has 2 nitrogen and oxygen atoms in total. The molecule has 0 saturated heterocycles. The molecule has 0 aliphatic carbocycles. The fourth-order valence-electron chi connectivity index (χ4n) is 3.08. The van der Waals surface area contributed by atoms with Crippen LogP contribution in [0.2, 0.25) is 10.0 Å². The van der Waals surface area contributed by atoms with Crippen LogP contribution in [0.4, 0.5) is 11.4 Å². The molecule has 0 heterocycles. The van der Waals surface area contributed by atoms with E-state index in [9.17, 15) is 0 Å². The van der Waals surface area contributed by atoms with E-state index in [-0.39, 0.29) is 0 Å². The maximum atomic E-state index is 6.17. The molecule has 4 aromatic rings. The lowest BCUT2D eigenvalue weighted by Crippen LogP contribution is -1.87. The first-order valence-corrected chi connectivity index (χ1v) is 10.7. The van der Waals surface area contributed by atoms with Gasteiger partial charge in [0.2, 0.25) is 0 Å². The van der Waals surface area contributed by atoms with Gasteiger partial charge in [-0.05, 0) is 53.9 Å². The second-order valence-corrected chi connectivity index (χ2v) is 7.88. The Balaban J connectivity index is 1.38. The molecule has 0 atom stereocenters. The standard InChI is InChI=1S/C27H20Cl2N2/c28-26-7-3-1-5-22(26)18-30-24-13-9-20(10-14-24)17-21-11-15-25(16-12-21)31-19-23-6-2-4-8-27(23)29/h1-16,18-19H,17H2. The van der Waals surface area contributed by atoms with Gasteiger partial charge in [0.05, 0.1) is 11.4 Å². The molecule has 0 aromatic heterocycles. The molecule has 31 heavy (non-hydrogen) atoms. The summed E-state index contributed by atoms with van der Waals surface area (Å²) >= 11 is 12.3. The van der Waals surface area contributed by atoms with Crippen molar-refractivity contribution < 1.29 is 0 Å². The second kappa shape index (κ2) is 10.2. The van der Waals surface area contributed by atoms with E-state index in [0.29, 0.717) is 10.0 Å². The Hall–Kier alpha value is -3.20. The van der Waals surface area contributed by atoms with Crippen LogP contribution in [0.15, 0.2) is 107 Å². The third-order valence-corrected chi connectivity index (χ3v) is 5.49. The largest absolute Gasteiger partial charge is 0.256 e. The molecule has 0 spiro atoms. The molecule has 0 aliphatic rings. The number of aliphatic imine (C=N–C) groups is 2. The Morgan fingerprint density at radius 3 is 1.29 bits per heavy atom. The minimum atomic E-state index is 0.697. The molecule has 0 saturated carbocycles. The highest BCUT2D eigenvalue weighted by Crippen LogP contribution is 2.20. The van der Waals surface area contributed by atoms with Gasteiger partial charge in [-0.15, -0.1) is 0 Å². The maximum absolute atomic E-state index is 6.17. The van der Waals surface area contributed by atoms with E-state index in [1.807, 2.05) is 72.8 Å². The van der Waals surface area contributed by atoms with Gasteiger partial charge in [-0.2, -0.15) is 0 Å². The summed E-state index contributed by atoms with van der Waals surface area (Å²) in [6.45, 7) is 0. The first kappa shape index (κ1) is 21.0. The lowest BCUT2D eigenvalue weighted by molar-refractivity contribution is 1.19. The van der Waals surface area contributed by atoms with E-state index in [4.69, 9.17) is 23.2 Å². The predicted molar refractivity (Wildman–Crippen MR) is 133 cm³/mol. The molecule has 152 valence electrons. The van der Waals surface area contributed by atoms with E-state index >= 15 is 0 Å². The summed E-state index contributed by atoms with van der Waals surface area (Å²) in [6, 6.07) is 31.8. The van der Waals surface area contributed by atoms with Gasteiger partial charge in [-0.1, -0.05) is 83.9 Å². The SMILES string of the molecule is Clc1ccccc1C=Nc1ccc(Cc2ccc(N=Cc3ccccc3Cl)cc2)cc1. The lowest BCUT2D eigenvalue weighted by Gasteiger charge is -2.04. The average Bonchev–Trinajstić information content (AvgIpc) is 2.80. The van der Waals surface area contributed by atoms with Gasteiger partial charge >= 0.3 is 0 Å². The zero-order chi connectivity index (χ0) is 21.5. The van der Waals surface area contributed by atoms with E-state index in [1.165, 1.54) is 11.1 Å². The predicted octanol–water partition coefficient (Wildman–Crippen LogP) is 8.09. The molecule has 4 rings (SSSR count). The van der Waals surface area contributed by atoms with E-state index in [1.54, 1.807) is 12.4 Å². The number of hydrogen-bond acceptors (Lipinski definition) is 2.